The van der Waals surface area contributed by atoms with Crippen LogP contribution in [-0.4, -0.2) is 76.6 Å². The molecule has 7 heteroatoms. The van der Waals surface area contributed by atoms with Crippen LogP contribution in [0.5, 0.6) is 0 Å². The average molecular weight is 293 g/mol. The zero-order chi connectivity index (χ0) is 14.7. The van der Waals surface area contributed by atoms with E-state index in [-0.39, 0.29) is 5.91 Å². The maximum atomic E-state index is 12.1. The first-order chi connectivity index (χ1) is 10.2. The fourth-order valence-electron chi connectivity index (χ4n) is 2.96. The molecule has 0 bridgehead atoms. The highest BCUT2D eigenvalue weighted by Gasteiger charge is 2.24. The fourth-order valence-corrected chi connectivity index (χ4v) is 2.96. The smallest absolute Gasteiger partial charge is 0.240 e. The van der Waals surface area contributed by atoms with Gasteiger partial charge in [0, 0.05) is 39.3 Å². The molecule has 1 amide bonds. The molecule has 0 aromatic carbocycles. The summed E-state index contributed by atoms with van der Waals surface area (Å²) in [6, 6.07) is 0. The maximum Gasteiger partial charge on any atom is 0.240 e. The van der Waals surface area contributed by atoms with Crippen LogP contribution in [0.4, 0.5) is 0 Å². The zero-order valence-electron chi connectivity index (χ0n) is 12.6. The molecule has 7 nitrogen and oxygen atoms in total. The Bertz CT molecular complexity index is 475. The van der Waals surface area contributed by atoms with E-state index in [0.29, 0.717) is 24.8 Å². The summed E-state index contributed by atoms with van der Waals surface area (Å²) < 4.78 is 5.15. The second kappa shape index (κ2) is 6.53. The van der Waals surface area contributed by atoms with E-state index >= 15 is 0 Å². The number of carbonyl (C=O) groups excluding carboxylic acids is 1. The SMILES string of the molecule is Cc1noc(CN2CCN(CC(=O)N3CCCC3)CC2)n1. The molecule has 0 unspecified atom stereocenters. The molecule has 0 atom stereocenters. The second-order valence-electron chi connectivity index (χ2n) is 5.88. The molecule has 0 saturated carbocycles. The predicted molar refractivity (Wildman–Crippen MR) is 76.6 cm³/mol. The van der Waals surface area contributed by atoms with Gasteiger partial charge in [-0.25, -0.2) is 0 Å². The van der Waals surface area contributed by atoms with E-state index in [1.54, 1.807) is 0 Å². The summed E-state index contributed by atoms with van der Waals surface area (Å²) >= 11 is 0. The normalized spacial score (nSPS) is 21.1. The lowest BCUT2D eigenvalue weighted by Crippen LogP contribution is -2.49. The maximum absolute atomic E-state index is 12.1. The van der Waals surface area contributed by atoms with Gasteiger partial charge in [-0.15, -0.1) is 0 Å². The molecule has 1 aromatic rings. The third-order valence-electron chi connectivity index (χ3n) is 4.21. The molecule has 2 saturated heterocycles. The fraction of sp³-hybridized carbons (Fsp3) is 0.786. The molecule has 0 spiro atoms. The average Bonchev–Trinajstić information content (AvgIpc) is 3.13. The van der Waals surface area contributed by atoms with Crippen LogP contribution in [0.15, 0.2) is 4.52 Å². The van der Waals surface area contributed by atoms with Gasteiger partial charge in [-0.05, 0) is 19.8 Å². The first-order valence-corrected chi connectivity index (χ1v) is 7.72. The largest absolute Gasteiger partial charge is 0.342 e. The number of carbonyl (C=O) groups is 1. The topological polar surface area (TPSA) is 65.7 Å². The van der Waals surface area contributed by atoms with Gasteiger partial charge in [0.05, 0.1) is 13.1 Å². The minimum Gasteiger partial charge on any atom is -0.342 e. The third kappa shape index (κ3) is 3.79. The zero-order valence-corrected chi connectivity index (χ0v) is 12.6. The number of hydrogen-bond acceptors (Lipinski definition) is 6. The van der Waals surface area contributed by atoms with Crippen molar-refractivity contribution in [2.45, 2.75) is 26.3 Å². The van der Waals surface area contributed by atoms with E-state index < -0.39 is 0 Å². The predicted octanol–water partition coefficient (Wildman–Crippen LogP) is 0.118. The van der Waals surface area contributed by atoms with E-state index in [0.717, 1.165) is 52.1 Å². The number of rotatable bonds is 4. The van der Waals surface area contributed by atoms with Crippen LogP contribution >= 0.6 is 0 Å². The first-order valence-electron chi connectivity index (χ1n) is 7.72. The van der Waals surface area contributed by atoms with Gasteiger partial charge in [0.2, 0.25) is 11.8 Å². The van der Waals surface area contributed by atoms with Crippen molar-refractivity contribution in [2.24, 2.45) is 0 Å². The van der Waals surface area contributed by atoms with E-state index in [9.17, 15) is 4.79 Å². The van der Waals surface area contributed by atoms with E-state index in [1.165, 1.54) is 0 Å². The van der Waals surface area contributed by atoms with Crippen molar-refractivity contribution in [3.63, 3.8) is 0 Å². The number of piperazine rings is 1. The molecule has 0 aliphatic carbocycles. The summed E-state index contributed by atoms with van der Waals surface area (Å²) in [6.07, 6.45) is 2.31. The molecule has 1 aromatic heterocycles. The van der Waals surface area contributed by atoms with Gasteiger partial charge in [0.1, 0.15) is 0 Å². The van der Waals surface area contributed by atoms with Crippen LogP contribution in [0.3, 0.4) is 0 Å². The number of aryl methyl sites for hydroxylation is 1. The van der Waals surface area contributed by atoms with Crippen LogP contribution in [0.25, 0.3) is 0 Å². The number of hydrogen-bond donors (Lipinski definition) is 0. The van der Waals surface area contributed by atoms with Gasteiger partial charge in [-0.3, -0.25) is 14.6 Å². The van der Waals surface area contributed by atoms with Crippen molar-refractivity contribution < 1.29 is 9.32 Å². The first kappa shape index (κ1) is 14.5. The third-order valence-corrected chi connectivity index (χ3v) is 4.21. The van der Waals surface area contributed by atoms with Crippen molar-refractivity contribution in [1.82, 2.24) is 24.8 Å². The molecule has 0 N–H and O–H groups in total. The Morgan fingerprint density at radius 1 is 1.10 bits per heavy atom. The van der Waals surface area contributed by atoms with Crippen LogP contribution in [0, 0.1) is 6.92 Å². The highest BCUT2D eigenvalue weighted by molar-refractivity contribution is 5.78. The van der Waals surface area contributed by atoms with Crippen molar-refractivity contribution in [3.05, 3.63) is 11.7 Å². The van der Waals surface area contributed by atoms with Gasteiger partial charge in [-0.2, -0.15) is 4.98 Å². The second-order valence-corrected chi connectivity index (χ2v) is 5.88. The molecule has 2 aliphatic rings. The molecule has 2 fully saturated rings. The molecule has 3 heterocycles. The Balaban J connectivity index is 1.41. The van der Waals surface area contributed by atoms with Crippen LogP contribution in [0.1, 0.15) is 24.6 Å². The monoisotopic (exact) mass is 293 g/mol. The van der Waals surface area contributed by atoms with Crippen LogP contribution < -0.4 is 0 Å². The Morgan fingerprint density at radius 2 is 1.76 bits per heavy atom. The number of nitrogens with zero attached hydrogens (tertiary/aromatic N) is 5. The summed E-state index contributed by atoms with van der Waals surface area (Å²) in [4.78, 5) is 22.9. The van der Waals surface area contributed by atoms with Gasteiger partial charge in [0.25, 0.3) is 0 Å². The van der Waals surface area contributed by atoms with E-state index in [2.05, 4.69) is 19.9 Å². The van der Waals surface area contributed by atoms with Crippen LogP contribution in [-0.2, 0) is 11.3 Å². The molecule has 21 heavy (non-hydrogen) atoms. The Hall–Kier alpha value is -1.47. The minimum atomic E-state index is 0.286. The van der Waals surface area contributed by atoms with E-state index in [4.69, 9.17) is 4.52 Å². The molecule has 3 rings (SSSR count). The molecular formula is C14H23N5O2. The highest BCUT2D eigenvalue weighted by atomic mass is 16.5. The minimum absolute atomic E-state index is 0.286. The van der Waals surface area contributed by atoms with Crippen molar-refractivity contribution >= 4 is 5.91 Å². The van der Waals surface area contributed by atoms with Gasteiger partial charge < -0.3 is 9.42 Å². The number of aromatic nitrogens is 2. The molecule has 2 aliphatic heterocycles. The number of likely N-dealkylation sites (tertiary alicyclic amines) is 1. The Kier molecular flexibility index (Phi) is 4.50. The Morgan fingerprint density at radius 3 is 2.38 bits per heavy atom. The number of amides is 1. The Labute approximate surface area is 124 Å². The summed E-state index contributed by atoms with van der Waals surface area (Å²) in [5.74, 6) is 1.64. The lowest BCUT2D eigenvalue weighted by atomic mass is 10.3. The van der Waals surface area contributed by atoms with Crippen molar-refractivity contribution in [2.75, 3.05) is 45.8 Å². The van der Waals surface area contributed by atoms with Crippen molar-refractivity contribution in [3.8, 4) is 0 Å². The lowest BCUT2D eigenvalue weighted by molar-refractivity contribution is -0.131. The van der Waals surface area contributed by atoms with Crippen LogP contribution in [0.2, 0.25) is 0 Å². The molecular weight excluding hydrogens is 270 g/mol. The quantitative estimate of drug-likeness (QED) is 0.785. The molecule has 116 valence electrons. The van der Waals surface area contributed by atoms with Gasteiger partial charge in [-0.1, -0.05) is 5.16 Å². The molecule has 0 radical (unpaired) electrons. The van der Waals surface area contributed by atoms with Crippen molar-refractivity contribution in [1.29, 1.82) is 0 Å². The van der Waals surface area contributed by atoms with Gasteiger partial charge in [0.15, 0.2) is 5.82 Å². The lowest BCUT2D eigenvalue weighted by Gasteiger charge is -2.34. The van der Waals surface area contributed by atoms with E-state index in [1.807, 2.05) is 11.8 Å². The summed E-state index contributed by atoms with van der Waals surface area (Å²) in [6.45, 7) is 8.70. The van der Waals surface area contributed by atoms with Gasteiger partial charge >= 0.3 is 0 Å². The summed E-state index contributed by atoms with van der Waals surface area (Å²) in [5.41, 5.74) is 0. The summed E-state index contributed by atoms with van der Waals surface area (Å²) in [7, 11) is 0. The summed E-state index contributed by atoms with van der Waals surface area (Å²) in [5, 5.41) is 3.81. The standard InChI is InChI=1S/C14H23N5O2/c1-12-15-13(21-16-12)10-17-6-8-18(9-7-17)11-14(20)19-4-2-3-5-19/h2-11H2,1H3. The highest BCUT2D eigenvalue weighted by Crippen LogP contribution is 2.10.